The summed E-state index contributed by atoms with van der Waals surface area (Å²) < 4.78 is 5.67. The van der Waals surface area contributed by atoms with E-state index in [1.165, 1.54) is 18.2 Å². The van der Waals surface area contributed by atoms with Crippen molar-refractivity contribution in [3.63, 3.8) is 0 Å². The monoisotopic (exact) mass is 306 g/mol. The van der Waals surface area contributed by atoms with Crippen molar-refractivity contribution in [1.82, 2.24) is 0 Å². The van der Waals surface area contributed by atoms with Crippen LogP contribution in [0.4, 0.5) is 0 Å². The summed E-state index contributed by atoms with van der Waals surface area (Å²) in [6.45, 7) is 0. The summed E-state index contributed by atoms with van der Waals surface area (Å²) in [7, 11) is 0. The van der Waals surface area contributed by atoms with Crippen LogP contribution in [0, 0.1) is 0 Å². The smallest absolute Gasteiger partial charge is 0.194 e. The molecule has 0 fully saturated rings. The first-order valence-corrected chi connectivity index (χ1v) is 6.53. The van der Waals surface area contributed by atoms with Gasteiger partial charge in [0.25, 0.3) is 0 Å². The third-order valence-electron chi connectivity index (χ3n) is 2.94. The molecule has 0 aliphatic carbocycles. The molecule has 0 amide bonds. The van der Waals surface area contributed by atoms with Gasteiger partial charge in [-0.05, 0) is 36.4 Å². The fourth-order valence-corrected chi connectivity index (χ4v) is 2.33. The van der Waals surface area contributed by atoms with Gasteiger partial charge in [0.1, 0.15) is 17.1 Å². The molecule has 1 aromatic heterocycles. The van der Waals surface area contributed by atoms with Crippen LogP contribution in [0.2, 0.25) is 10.0 Å². The Hall–Kier alpha value is -1.97. The molecule has 5 heteroatoms. The van der Waals surface area contributed by atoms with E-state index in [4.69, 9.17) is 27.6 Å². The Morgan fingerprint density at radius 3 is 2.40 bits per heavy atom. The molecule has 0 saturated heterocycles. The first-order chi connectivity index (χ1) is 9.56. The van der Waals surface area contributed by atoms with Crippen molar-refractivity contribution in [2.45, 2.75) is 0 Å². The summed E-state index contributed by atoms with van der Waals surface area (Å²) >= 11 is 11.7. The Morgan fingerprint density at radius 1 is 1.00 bits per heavy atom. The lowest BCUT2D eigenvalue weighted by Gasteiger charge is -2.05. The highest BCUT2D eigenvalue weighted by molar-refractivity contribution is 6.36. The summed E-state index contributed by atoms with van der Waals surface area (Å²) in [6.07, 6.45) is 0. The average Bonchev–Trinajstić information content (AvgIpc) is 2.43. The van der Waals surface area contributed by atoms with Gasteiger partial charge in [0, 0.05) is 16.7 Å². The molecule has 0 aliphatic rings. The van der Waals surface area contributed by atoms with E-state index >= 15 is 0 Å². The number of hydrogen-bond acceptors (Lipinski definition) is 3. The summed E-state index contributed by atoms with van der Waals surface area (Å²) in [5, 5.41) is 10.3. The predicted molar refractivity (Wildman–Crippen MR) is 79.6 cm³/mol. The van der Waals surface area contributed by atoms with E-state index in [9.17, 15) is 9.90 Å². The van der Waals surface area contributed by atoms with Crippen LogP contribution in [-0.4, -0.2) is 5.11 Å². The van der Waals surface area contributed by atoms with Gasteiger partial charge in [-0.25, -0.2) is 0 Å². The van der Waals surface area contributed by atoms with E-state index in [1.54, 1.807) is 24.3 Å². The Morgan fingerprint density at radius 2 is 1.70 bits per heavy atom. The minimum absolute atomic E-state index is 0.00101. The van der Waals surface area contributed by atoms with E-state index in [0.717, 1.165) is 5.56 Å². The van der Waals surface area contributed by atoms with Crippen molar-refractivity contribution < 1.29 is 9.52 Å². The number of aromatic hydroxyl groups is 1. The molecular weight excluding hydrogens is 299 g/mol. The van der Waals surface area contributed by atoms with Crippen LogP contribution in [0.15, 0.2) is 51.7 Å². The fraction of sp³-hybridized carbons (Fsp3) is 0. The molecule has 0 bridgehead atoms. The molecule has 3 rings (SSSR count). The number of phenolic OH excluding ortho intramolecular Hbond substituents is 1. The highest BCUT2D eigenvalue weighted by Crippen LogP contribution is 2.32. The maximum atomic E-state index is 12.1. The predicted octanol–water partition coefficient (Wildman–Crippen LogP) is 4.47. The maximum Gasteiger partial charge on any atom is 0.194 e. The van der Waals surface area contributed by atoms with Crippen molar-refractivity contribution in [2.75, 3.05) is 0 Å². The van der Waals surface area contributed by atoms with Gasteiger partial charge < -0.3 is 9.52 Å². The average molecular weight is 307 g/mol. The quantitative estimate of drug-likeness (QED) is 0.721. The van der Waals surface area contributed by atoms with Gasteiger partial charge in [-0.2, -0.15) is 0 Å². The number of rotatable bonds is 1. The van der Waals surface area contributed by atoms with Gasteiger partial charge in [0.2, 0.25) is 0 Å². The summed E-state index contributed by atoms with van der Waals surface area (Å²) in [5.41, 5.74) is 0.750. The molecule has 1 N–H and O–H groups in total. The van der Waals surface area contributed by atoms with Crippen LogP contribution in [0.3, 0.4) is 0 Å². The van der Waals surface area contributed by atoms with Crippen molar-refractivity contribution in [3.8, 4) is 17.1 Å². The van der Waals surface area contributed by atoms with Gasteiger partial charge in [-0.3, -0.25) is 4.79 Å². The second-order valence-corrected chi connectivity index (χ2v) is 5.07. The van der Waals surface area contributed by atoms with Crippen LogP contribution < -0.4 is 5.43 Å². The molecule has 0 saturated carbocycles. The van der Waals surface area contributed by atoms with E-state index in [-0.39, 0.29) is 21.6 Å². The van der Waals surface area contributed by atoms with Crippen molar-refractivity contribution in [1.29, 1.82) is 0 Å². The van der Waals surface area contributed by atoms with Gasteiger partial charge in [-0.1, -0.05) is 23.2 Å². The lowest BCUT2D eigenvalue weighted by molar-refractivity contribution is 0.476. The molecule has 2 aromatic carbocycles. The van der Waals surface area contributed by atoms with Crippen LogP contribution in [0.1, 0.15) is 0 Å². The number of phenols is 1. The normalized spacial score (nSPS) is 10.9. The Balaban J connectivity index is 2.28. The van der Waals surface area contributed by atoms with Crippen LogP contribution >= 0.6 is 23.2 Å². The molecule has 0 radical (unpaired) electrons. The summed E-state index contributed by atoms with van der Waals surface area (Å²) in [5.74, 6) is 0.270. The van der Waals surface area contributed by atoms with Gasteiger partial charge >= 0.3 is 0 Å². The van der Waals surface area contributed by atoms with Gasteiger partial charge in [-0.15, -0.1) is 0 Å². The topological polar surface area (TPSA) is 50.4 Å². The number of hydrogen-bond donors (Lipinski definition) is 1. The lowest BCUT2D eigenvalue weighted by atomic mass is 10.1. The molecule has 3 aromatic rings. The molecule has 3 nitrogen and oxygen atoms in total. The third kappa shape index (κ3) is 2.15. The summed E-state index contributed by atoms with van der Waals surface area (Å²) in [6, 6.07) is 11.2. The largest absolute Gasteiger partial charge is 0.506 e. The number of halogens is 2. The molecule has 0 aliphatic heterocycles. The van der Waals surface area contributed by atoms with Crippen LogP contribution in [0.25, 0.3) is 22.3 Å². The first-order valence-electron chi connectivity index (χ1n) is 5.77. The molecule has 0 spiro atoms. The van der Waals surface area contributed by atoms with E-state index in [1.807, 2.05) is 0 Å². The molecule has 0 unspecified atom stereocenters. The van der Waals surface area contributed by atoms with Gasteiger partial charge in [0.05, 0.1) is 10.4 Å². The fourth-order valence-electron chi connectivity index (χ4n) is 1.96. The van der Waals surface area contributed by atoms with Crippen LogP contribution in [0.5, 0.6) is 5.75 Å². The zero-order valence-corrected chi connectivity index (χ0v) is 11.6. The van der Waals surface area contributed by atoms with E-state index < -0.39 is 0 Å². The maximum absolute atomic E-state index is 12.1. The third-order valence-corrected chi connectivity index (χ3v) is 3.58. The molecule has 100 valence electrons. The van der Waals surface area contributed by atoms with E-state index in [0.29, 0.717) is 16.4 Å². The zero-order chi connectivity index (χ0) is 14.3. The minimum Gasteiger partial charge on any atom is -0.506 e. The standard InChI is InChI=1S/C15H8Cl2O3/c16-9-3-1-8(2-4-9)13-7-11(19)14-12(20-13)6-5-10(18)15(14)17/h1-7,18H. The molecule has 0 atom stereocenters. The number of benzene rings is 2. The van der Waals surface area contributed by atoms with E-state index in [2.05, 4.69) is 0 Å². The lowest BCUT2D eigenvalue weighted by Crippen LogP contribution is -2.01. The summed E-state index contributed by atoms with van der Waals surface area (Å²) in [4.78, 5) is 12.1. The first kappa shape index (κ1) is 13.0. The van der Waals surface area contributed by atoms with Crippen molar-refractivity contribution >= 4 is 34.2 Å². The second-order valence-electron chi connectivity index (χ2n) is 4.25. The molecule has 20 heavy (non-hydrogen) atoms. The molecular formula is C15H8Cl2O3. The Bertz CT molecular complexity index is 851. The highest BCUT2D eigenvalue weighted by Gasteiger charge is 2.12. The van der Waals surface area contributed by atoms with Crippen molar-refractivity contribution in [3.05, 3.63) is 62.7 Å². The Labute approximate surface area is 124 Å². The van der Waals surface area contributed by atoms with Crippen molar-refractivity contribution in [2.24, 2.45) is 0 Å². The Kier molecular flexibility index (Phi) is 3.16. The SMILES string of the molecule is O=c1cc(-c2ccc(Cl)cc2)oc2ccc(O)c(Cl)c12. The zero-order valence-electron chi connectivity index (χ0n) is 10.1. The minimum atomic E-state index is -0.308. The second kappa shape index (κ2) is 4.85. The highest BCUT2D eigenvalue weighted by atomic mass is 35.5. The molecule has 1 heterocycles. The number of fused-ring (bicyclic) bond motifs is 1. The van der Waals surface area contributed by atoms with Gasteiger partial charge in [0.15, 0.2) is 5.43 Å². The van der Waals surface area contributed by atoms with Crippen LogP contribution in [-0.2, 0) is 0 Å².